The minimum atomic E-state index is -3.48. The number of hydrogen-bond donors (Lipinski definition) is 1. The van der Waals surface area contributed by atoms with Gasteiger partial charge in [-0.2, -0.15) is 4.31 Å². The molecule has 0 atom stereocenters. The monoisotopic (exact) mass is 401 g/mol. The van der Waals surface area contributed by atoms with Crippen LogP contribution in [0.25, 0.3) is 6.08 Å². The number of nitrogens with zero attached hydrogens (tertiary/aromatic N) is 2. The highest BCUT2D eigenvalue weighted by Crippen LogP contribution is 2.22. The maximum Gasteiger partial charge on any atom is 0.269 e. The lowest BCUT2D eigenvalue weighted by molar-refractivity contribution is -0.384. The Labute approximate surface area is 162 Å². The second kappa shape index (κ2) is 8.32. The van der Waals surface area contributed by atoms with Gasteiger partial charge < -0.3 is 5.32 Å². The first kappa shape index (κ1) is 19.7. The minimum absolute atomic E-state index is 0.0226. The van der Waals surface area contributed by atoms with Crippen LogP contribution >= 0.6 is 0 Å². The van der Waals surface area contributed by atoms with Gasteiger partial charge in [0.1, 0.15) is 0 Å². The number of rotatable bonds is 6. The molecule has 0 radical (unpaired) electrons. The van der Waals surface area contributed by atoms with Gasteiger partial charge in [0, 0.05) is 37.0 Å². The number of nitrogens with one attached hydrogen (secondary N) is 1. The van der Waals surface area contributed by atoms with Gasteiger partial charge in [-0.3, -0.25) is 14.9 Å². The molecule has 1 aliphatic heterocycles. The van der Waals surface area contributed by atoms with Crippen molar-refractivity contribution in [1.29, 1.82) is 0 Å². The maximum absolute atomic E-state index is 12.5. The van der Waals surface area contributed by atoms with E-state index in [1.807, 2.05) is 0 Å². The summed E-state index contributed by atoms with van der Waals surface area (Å²) in [6.45, 7) is 1.07. The van der Waals surface area contributed by atoms with Gasteiger partial charge in [-0.25, -0.2) is 8.42 Å². The molecule has 0 unspecified atom stereocenters. The van der Waals surface area contributed by atoms with E-state index < -0.39 is 20.9 Å². The van der Waals surface area contributed by atoms with E-state index in [4.69, 9.17) is 0 Å². The molecule has 1 heterocycles. The fraction of sp³-hybridized carbons (Fsp3) is 0.211. The fourth-order valence-corrected chi connectivity index (χ4v) is 4.37. The molecule has 9 heteroatoms. The molecule has 1 fully saturated rings. The van der Waals surface area contributed by atoms with Gasteiger partial charge in [0.15, 0.2) is 0 Å². The Kier molecular flexibility index (Phi) is 5.86. The fourth-order valence-electron chi connectivity index (χ4n) is 2.85. The van der Waals surface area contributed by atoms with Crippen molar-refractivity contribution in [2.24, 2.45) is 0 Å². The van der Waals surface area contributed by atoms with Crippen LogP contribution < -0.4 is 5.32 Å². The number of non-ortho nitro benzene ring substituents is 1. The van der Waals surface area contributed by atoms with Gasteiger partial charge in [-0.1, -0.05) is 0 Å². The van der Waals surface area contributed by atoms with Gasteiger partial charge in [-0.05, 0) is 60.9 Å². The van der Waals surface area contributed by atoms with Crippen molar-refractivity contribution in [1.82, 2.24) is 4.31 Å². The van der Waals surface area contributed by atoms with Crippen molar-refractivity contribution in [2.75, 3.05) is 18.4 Å². The van der Waals surface area contributed by atoms with Crippen LogP contribution in [0.3, 0.4) is 0 Å². The Morgan fingerprint density at radius 3 is 2.21 bits per heavy atom. The number of hydrogen-bond acceptors (Lipinski definition) is 5. The number of nitro benzene ring substituents is 1. The summed E-state index contributed by atoms with van der Waals surface area (Å²) in [5.74, 6) is -0.395. The smallest absolute Gasteiger partial charge is 0.269 e. The van der Waals surface area contributed by atoms with Crippen molar-refractivity contribution in [3.63, 3.8) is 0 Å². The Bertz CT molecular complexity index is 993. The zero-order valence-corrected chi connectivity index (χ0v) is 15.8. The van der Waals surface area contributed by atoms with Crippen molar-refractivity contribution < 1.29 is 18.1 Å². The first-order valence-corrected chi connectivity index (χ1v) is 10.1. The molecule has 1 saturated heterocycles. The summed E-state index contributed by atoms with van der Waals surface area (Å²) in [7, 11) is -3.48. The van der Waals surface area contributed by atoms with Crippen LogP contribution in [-0.2, 0) is 14.8 Å². The third-order valence-electron chi connectivity index (χ3n) is 4.36. The topological polar surface area (TPSA) is 110 Å². The van der Waals surface area contributed by atoms with Crippen LogP contribution in [0.5, 0.6) is 0 Å². The molecular weight excluding hydrogens is 382 g/mol. The minimum Gasteiger partial charge on any atom is -0.323 e. The summed E-state index contributed by atoms with van der Waals surface area (Å²) in [5.41, 5.74) is 1.09. The van der Waals surface area contributed by atoms with Crippen LogP contribution in [0.4, 0.5) is 11.4 Å². The number of carbonyl (C=O) groups is 1. The standard InChI is InChI=1S/C19H19N3O5S/c23-19(12-5-15-3-8-17(9-4-15)22(24)25)20-16-6-10-18(11-7-16)28(26,27)21-13-1-2-14-21/h3-12H,1-2,13-14H2,(H,20,23)/b12-5-. The van der Waals surface area contributed by atoms with E-state index in [-0.39, 0.29) is 10.6 Å². The van der Waals surface area contributed by atoms with Crippen LogP contribution in [0.1, 0.15) is 18.4 Å². The molecule has 1 amide bonds. The Morgan fingerprint density at radius 2 is 1.64 bits per heavy atom. The van der Waals surface area contributed by atoms with Crippen LogP contribution in [-0.4, -0.2) is 36.6 Å². The molecule has 0 spiro atoms. The summed E-state index contributed by atoms with van der Waals surface area (Å²) < 4.78 is 26.4. The van der Waals surface area contributed by atoms with Gasteiger partial charge in [-0.15, -0.1) is 0 Å². The summed E-state index contributed by atoms with van der Waals surface area (Å²) in [5, 5.41) is 13.3. The van der Waals surface area contributed by atoms with Crippen molar-refractivity contribution in [2.45, 2.75) is 17.7 Å². The summed E-state index contributed by atoms with van der Waals surface area (Å²) >= 11 is 0. The summed E-state index contributed by atoms with van der Waals surface area (Å²) in [6, 6.07) is 11.8. The normalized spacial score (nSPS) is 15.0. The highest BCUT2D eigenvalue weighted by molar-refractivity contribution is 7.89. The first-order chi connectivity index (χ1) is 13.4. The predicted octanol–water partition coefficient (Wildman–Crippen LogP) is 3.03. The van der Waals surface area contributed by atoms with Gasteiger partial charge in [0.25, 0.3) is 5.69 Å². The van der Waals surface area contributed by atoms with Crippen molar-refractivity contribution >= 4 is 33.4 Å². The van der Waals surface area contributed by atoms with Gasteiger partial charge in [0.2, 0.25) is 15.9 Å². The average Bonchev–Trinajstić information content (AvgIpc) is 3.23. The Balaban J connectivity index is 1.62. The first-order valence-electron chi connectivity index (χ1n) is 8.70. The van der Waals surface area contributed by atoms with E-state index in [1.165, 1.54) is 40.7 Å². The number of nitro groups is 1. The molecule has 0 aliphatic carbocycles. The lowest BCUT2D eigenvalue weighted by Gasteiger charge is -2.15. The number of amides is 1. The zero-order chi connectivity index (χ0) is 20.1. The van der Waals surface area contributed by atoms with E-state index in [0.717, 1.165) is 12.8 Å². The van der Waals surface area contributed by atoms with E-state index >= 15 is 0 Å². The van der Waals surface area contributed by atoms with E-state index in [0.29, 0.717) is 24.3 Å². The van der Waals surface area contributed by atoms with E-state index in [2.05, 4.69) is 5.32 Å². The van der Waals surface area contributed by atoms with Crippen LogP contribution in [0.15, 0.2) is 59.5 Å². The zero-order valence-electron chi connectivity index (χ0n) is 14.9. The highest BCUT2D eigenvalue weighted by Gasteiger charge is 2.26. The summed E-state index contributed by atoms with van der Waals surface area (Å²) in [4.78, 5) is 22.4. The molecule has 8 nitrogen and oxygen atoms in total. The van der Waals surface area contributed by atoms with E-state index in [1.54, 1.807) is 24.3 Å². The van der Waals surface area contributed by atoms with Crippen LogP contribution in [0.2, 0.25) is 0 Å². The number of benzene rings is 2. The molecule has 0 saturated carbocycles. The van der Waals surface area contributed by atoms with Gasteiger partial charge in [0.05, 0.1) is 9.82 Å². The molecular formula is C19H19N3O5S. The van der Waals surface area contributed by atoms with E-state index in [9.17, 15) is 23.3 Å². The lowest BCUT2D eigenvalue weighted by Crippen LogP contribution is -2.27. The summed E-state index contributed by atoms with van der Waals surface area (Å²) in [6.07, 6.45) is 4.57. The second-order valence-corrected chi connectivity index (χ2v) is 8.24. The van der Waals surface area contributed by atoms with Crippen molar-refractivity contribution in [3.05, 3.63) is 70.3 Å². The quantitative estimate of drug-likeness (QED) is 0.454. The maximum atomic E-state index is 12.5. The molecule has 1 N–H and O–H groups in total. The number of carbonyl (C=O) groups excluding carboxylic acids is 1. The molecule has 1 aliphatic rings. The largest absolute Gasteiger partial charge is 0.323 e. The Morgan fingerprint density at radius 1 is 1.04 bits per heavy atom. The lowest BCUT2D eigenvalue weighted by atomic mass is 10.2. The number of anilines is 1. The average molecular weight is 401 g/mol. The van der Waals surface area contributed by atoms with Crippen molar-refractivity contribution in [3.8, 4) is 0 Å². The van der Waals surface area contributed by atoms with Crippen LogP contribution in [0, 0.1) is 10.1 Å². The molecule has 2 aromatic carbocycles. The third kappa shape index (κ3) is 4.62. The molecule has 0 aromatic heterocycles. The van der Waals surface area contributed by atoms with Gasteiger partial charge >= 0.3 is 0 Å². The third-order valence-corrected chi connectivity index (χ3v) is 6.27. The number of sulfonamides is 1. The predicted molar refractivity (Wildman–Crippen MR) is 105 cm³/mol. The molecule has 0 bridgehead atoms. The molecule has 28 heavy (non-hydrogen) atoms. The molecule has 3 rings (SSSR count). The molecule has 146 valence electrons. The second-order valence-electron chi connectivity index (χ2n) is 6.31. The SMILES string of the molecule is O=C(/C=C\c1ccc([N+](=O)[O-])cc1)Nc1ccc(S(=O)(=O)N2CCCC2)cc1. The molecule has 2 aromatic rings. The Hall–Kier alpha value is -3.04. The highest BCUT2D eigenvalue weighted by atomic mass is 32.2.